The van der Waals surface area contributed by atoms with Crippen molar-refractivity contribution in [2.45, 2.75) is 20.0 Å². The molecule has 3 rings (SSSR count). The molecule has 1 aliphatic rings. The summed E-state index contributed by atoms with van der Waals surface area (Å²) in [4.78, 5) is 26.5. The number of aromatic nitrogens is 2. The van der Waals surface area contributed by atoms with E-state index in [0.717, 1.165) is 10.6 Å². The second-order valence-corrected chi connectivity index (χ2v) is 4.99. The van der Waals surface area contributed by atoms with Gasteiger partial charge in [0.05, 0.1) is 18.8 Å². The van der Waals surface area contributed by atoms with Crippen molar-refractivity contribution in [1.29, 1.82) is 5.26 Å². The molecule has 2 aromatic rings. The highest BCUT2D eigenvalue weighted by Crippen LogP contribution is 2.30. The van der Waals surface area contributed by atoms with Gasteiger partial charge in [0.25, 0.3) is 5.91 Å². The van der Waals surface area contributed by atoms with E-state index in [-0.39, 0.29) is 11.7 Å². The summed E-state index contributed by atoms with van der Waals surface area (Å²) in [7, 11) is 0. The molecule has 1 aromatic heterocycles. The Kier molecular flexibility index (Phi) is 3.35. The van der Waals surface area contributed by atoms with Crippen LogP contribution >= 0.6 is 0 Å². The lowest BCUT2D eigenvalue weighted by molar-refractivity contribution is -0.129. The van der Waals surface area contributed by atoms with Crippen molar-refractivity contribution in [1.82, 2.24) is 15.1 Å². The van der Waals surface area contributed by atoms with Crippen LogP contribution in [0.25, 0.3) is 0 Å². The van der Waals surface area contributed by atoms with E-state index >= 15 is 0 Å². The Morgan fingerprint density at radius 1 is 1.32 bits per heavy atom. The predicted octanol–water partition coefficient (Wildman–Crippen LogP) is 1.40. The molecule has 0 saturated heterocycles. The first-order valence-corrected chi connectivity index (χ1v) is 6.72. The van der Waals surface area contributed by atoms with E-state index in [9.17, 15) is 14.9 Å². The molecule has 0 saturated carbocycles. The number of nitrogens with one attached hydrogen (secondary N) is 1. The molecule has 0 radical (unpaired) electrons. The van der Waals surface area contributed by atoms with Crippen molar-refractivity contribution in [2.24, 2.45) is 0 Å². The SMILES string of the molecule is CC(=O)N1Cc2[nH]nc(N(C#N)C(=O)c3ccccc3)c2C1. The van der Waals surface area contributed by atoms with Gasteiger partial charge in [-0.1, -0.05) is 18.2 Å². The molecule has 2 amide bonds. The molecular formula is C15H13N5O2. The fourth-order valence-corrected chi connectivity index (χ4v) is 2.43. The molecule has 0 fully saturated rings. The Balaban J connectivity index is 1.93. The van der Waals surface area contributed by atoms with Gasteiger partial charge in [-0.2, -0.15) is 15.3 Å². The zero-order valence-corrected chi connectivity index (χ0v) is 11.9. The van der Waals surface area contributed by atoms with Crippen LogP contribution in [0.3, 0.4) is 0 Å². The number of fused-ring (bicyclic) bond motifs is 1. The van der Waals surface area contributed by atoms with Crippen LogP contribution in [-0.4, -0.2) is 26.9 Å². The number of rotatable bonds is 2. The highest BCUT2D eigenvalue weighted by molar-refractivity contribution is 6.07. The molecule has 0 unspecified atom stereocenters. The fraction of sp³-hybridized carbons (Fsp3) is 0.200. The zero-order chi connectivity index (χ0) is 15.7. The maximum absolute atomic E-state index is 12.5. The minimum atomic E-state index is -0.446. The van der Waals surface area contributed by atoms with E-state index in [1.165, 1.54) is 6.92 Å². The lowest BCUT2D eigenvalue weighted by Gasteiger charge is -2.15. The zero-order valence-electron chi connectivity index (χ0n) is 11.9. The number of carbonyl (C=O) groups excluding carboxylic acids is 2. The molecule has 1 aliphatic heterocycles. The van der Waals surface area contributed by atoms with Crippen LogP contribution in [0, 0.1) is 11.5 Å². The first-order chi connectivity index (χ1) is 10.6. The van der Waals surface area contributed by atoms with Crippen LogP contribution in [0.4, 0.5) is 5.82 Å². The molecule has 7 nitrogen and oxygen atoms in total. The van der Waals surface area contributed by atoms with Crippen LogP contribution in [-0.2, 0) is 17.9 Å². The van der Waals surface area contributed by atoms with Crippen molar-refractivity contribution in [3.8, 4) is 6.19 Å². The Morgan fingerprint density at radius 2 is 2.05 bits per heavy atom. The molecule has 1 aromatic carbocycles. The Morgan fingerprint density at radius 3 is 2.68 bits per heavy atom. The van der Waals surface area contributed by atoms with Crippen molar-refractivity contribution >= 4 is 17.6 Å². The highest BCUT2D eigenvalue weighted by Gasteiger charge is 2.31. The second-order valence-electron chi connectivity index (χ2n) is 4.99. The average molecular weight is 295 g/mol. The molecule has 22 heavy (non-hydrogen) atoms. The maximum Gasteiger partial charge on any atom is 0.272 e. The molecule has 110 valence electrons. The summed E-state index contributed by atoms with van der Waals surface area (Å²) in [6, 6.07) is 8.54. The van der Waals surface area contributed by atoms with Crippen molar-refractivity contribution < 1.29 is 9.59 Å². The molecular weight excluding hydrogens is 282 g/mol. The predicted molar refractivity (Wildman–Crippen MR) is 77.4 cm³/mol. The summed E-state index contributed by atoms with van der Waals surface area (Å²) in [5, 5.41) is 16.2. The van der Waals surface area contributed by atoms with Gasteiger partial charge in [0.2, 0.25) is 5.91 Å². The van der Waals surface area contributed by atoms with Gasteiger partial charge in [-0.3, -0.25) is 14.7 Å². The third-order valence-electron chi connectivity index (χ3n) is 3.61. The monoisotopic (exact) mass is 295 g/mol. The third-order valence-corrected chi connectivity index (χ3v) is 3.61. The Hall–Kier alpha value is -3.14. The summed E-state index contributed by atoms with van der Waals surface area (Å²) in [5.74, 6) is -0.248. The minimum absolute atomic E-state index is 0.0616. The first-order valence-electron chi connectivity index (χ1n) is 6.72. The second kappa shape index (κ2) is 5.33. The van der Waals surface area contributed by atoms with E-state index in [2.05, 4.69) is 10.2 Å². The van der Waals surface area contributed by atoms with Gasteiger partial charge < -0.3 is 4.90 Å². The van der Waals surface area contributed by atoms with Crippen LogP contribution in [0.5, 0.6) is 0 Å². The number of hydrogen-bond acceptors (Lipinski definition) is 4. The number of aromatic amines is 1. The summed E-state index contributed by atoms with van der Waals surface area (Å²) < 4.78 is 0. The lowest BCUT2D eigenvalue weighted by atomic mass is 10.2. The number of H-pyrrole nitrogens is 1. The van der Waals surface area contributed by atoms with Crippen LogP contribution in [0.1, 0.15) is 28.5 Å². The molecule has 0 aliphatic carbocycles. The topological polar surface area (TPSA) is 93.1 Å². The summed E-state index contributed by atoms with van der Waals surface area (Å²) >= 11 is 0. The Bertz CT molecular complexity index is 775. The summed E-state index contributed by atoms with van der Waals surface area (Å²) in [5.41, 5.74) is 1.87. The lowest BCUT2D eigenvalue weighted by Crippen LogP contribution is -2.28. The van der Waals surface area contributed by atoms with Crippen molar-refractivity contribution in [2.75, 3.05) is 4.90 Å². The largest absolute Gasteiger partial charge is 0.333 e. The summed E-state index contributed by atoms with van der Waals surface area (Å²) in [6.45, 7) is 2.24. The van der Waals surface area contributed by atoms with E-state index in [1.54, 1.807) is 35.2 Å². The van der Waals surface area contributed by atoms with Gasteiger partial charge in [-0.05, 0) is 12.1 Å². The molecule has 7 heteroatoms. The third kappa shape index (κ3) is 2.20. The first kappa shape index (κ1) is 13.8. The summed E-state index contributed by atoms with van der Waals surface area (Å²) in [6.07, 6.45) is 1.87. The van der Waals surface area contributed by atoms with E-state index in [0.29, 0.717) is 24.2 Å². The van der Waals surface area contributed by atoms with Gasteiger partial charge >= 0.3 is 0 Å². The van der Waals surface area contributed by atoms with E-state index < -0.39 is 5.91 Å². The maximum atomic E-state index is 12.5. The standard InChI is InChI=1S/C15H13N5O2/c1-10(21)19-7-12-13(8-19)17-18-14(12)20(9-16)15(22)11-5-3-2-4-6-11/h2-6H,7-8H2,1H3,(H,17,18). The number of amides is 2. The number of anilines is 1. The van der Waals surface area contributed by atoms with Crippen molar-refractivity contribution in [3.05, 3.63) is 47.2 Å². The van der Waals surface area contributed by atoms with Crippen molar-refractivity contribution in [3.63, 3.8) is 0 Å². The molecule has 1 N–H and O–H groups in total. The van der Waals surface area contributed by atoms with Crippen LogP contribution in [0.15, 0.2) is 30.3 Å². The van der Waals surface area contributed by atoms with Crippen LogP contribution in [0.2, 0.25) is 0 Å². The van der Waals surface area contributed by atoms with E-state index in [4.69, 9.17) is 0 Å². The minimum Gasteiger partial charge on any atom is -0.333 e. The van der Waals surface area contributed by atoms with E-state index in [1.807, 2.05) is 6.19 Å². The number of carbonyl (C=O) groups is 2. The van der Waals surface area contributed by atoms with Gasteiger partial charge in [-0.15, -0.1) is 0 Å². The smallest absolute Gasteiger partial charge is 0.272 e. The molecule has 0 bridgehead atoms. The van der Waals surface area contributed by atoms with Gasteiger partial charge in [-0.25, -0.2) is 0 Å². The number of hydrogen-bond donors (Lipinski definition) is 1. The number of nitriles is 1. The number of benzene rings is 1. The highest BCUT2D eigenvalue weighted by atomic mass is 16.2. The van der Waals surface area contributed by atoms with Gasteiger partial charge in [0.1, 0.15) is 0 Å². The molecule has 2 heterocycles. The number of nitrogens with zero attached hydrogens (tertiary/aromatic N) is 4. The quantitative estimate of drug-likeness (QED) is 0.669. The fourth-order valence-electron chi connectivity index (χ4n) is 2.43. The Labute approximate surface area is 126 Å². The molecule has 0 spiro atoms. The average Bonchev–Trinajstić information content (AvgIpc) is 3.10. The normalized spacial score (nSPS) is 12.6. The van der Waals surface area contributed by atoms with Gasteiger partial charge in [0.15, 0.2) is 12.0 Å². The van der Waals surface area contributed by atoms with Crippen LogP contribution < -0.4 is 4.90 Å². The molecule has 0 atom stereocenters. The van der Waals surface area contributed by atoms with Gasteiger partial charge in [0, 0.05) is 18.1 Å².